The van der Waals surface area contributed by atoms with Crippen molar-refractivity contribution in [1.82, 2.24) is 0 Å². The van der Waals surface area contributed by atoms with Crippen LogP contribution in [0.4, 0.5) is 0 Å². The van der Waals surface area contributed by atoms with Crippen LogP contribution in [0.25, 0.3) is 0 Å². The van der Waals surface area contributed by atoms with Gasteiger partial charge < -0.3 is 34.2 Å². The van der Waals surface area contributed by atoms with E-state index >= 15 is 0 Å². The van der Waals surface area contributed by atoms with E-state index in [9.17, 15) is 43.5 Å². The number of aliphatic hydroxyl groups is 2. The summed E-state index contributed by atoms with van der Waals surface area (Å²) < 4.78 is 60.8. The highest BCUT2D eigenvalue weighted by Gasteiger charge is 2.29. The molecule has 0 heterocycles. The van der Waals surface area contributed by atoms with E-state index in [0.29, 0.717) is 19.3 Å². The van der Waals surface area contributed by atoms with E-state index in [-0.39, 0.29) is 19.3 Å². The summed E-state index contributed by atoms with van der Waals surface area (Å²) in [6, 6.07) is 0. The van der Waals surface area contributed by atoms with Gasteiger partial charge in [0, 0.05) is 19.3 Å². The lowest BCUT2D eigenvalue weighted by molar-refractivity contribution is -0.161. The van der Waals surface area contributed by atoms with Crippen LogP contribution in [0.1, 0.15) is 290 Å². The standard InChI is InChI=1S/C71H126O16P2/c1-4-7-10-13-16-19-22-24-25-26-27-28-29-30-31-32-33-34-35-36-37-38-39-41-44-45-48-51-54-57-69(74)81-60-66(72)61-83-88(77,78)84-62-67(73)63-85-89(79,80)86-65-68(87-71(76)59-56-53-50-47-42-21-18-15-12-9-6-3)64-82-70(75)58-55-52-49-46-43-40-23-20-17-14-11-8-5-2/h7,10-11,14,16,19-20,23-25,27-28,30-31,66-68,72-73H,4-6,8-9,12-13,15,17-18,21-22,26,29,32-65H2,1-3H3,(H,77,78)(H,79,80)/b10-7-,14-11-,19-16-,23-20-,25-24-,28-27-,31-30-. The van der Waals surface area contributed by atoms with Crippen molar-refractivity contribution in [3.8, 4) is 0 Å². The second-order valence-electron chi connectivity index (χ2n) is 23.3. The van der Waals surface area contributed by atoms with E-state index in [0.717, 1.165) is 135 Å². The molecule has 0 aliphatic rings. The van der Waals surface area contributed by atoms with Crippen LogP contribution in [0.15, 0.2) is 85.1 Å². The fourth-order valence-electron chi connectivity index (χ4n) is 9.28. The molecule has 0 saturated carbocycles. The summed E-state index contributed by atoms with van der Waals surface area (Å²) in [5.74, 6) is -1.58. The molecule has 0 amide bonds. The smallest absolute Gasteiger partial charge is 0.463 e. The Morgan fingerprint density at radius 3 is 0.989 bits per heavy atom. The number of rotatable bonds is 66. The highest BCUT2D eigenvalue weighted by molar-refractivity contribution is 7.47. The van der Waals surface area contributed by atoms with Gasteiger partial charge >= 0.3 is 33.6 Å². The van der Waals surface area contributed by atoms with E-state index in [1.807, 2.05) is 0 Å². The Kier molecular flexibility index (Phi) is 62.4. The predicted molar refractivity (Wildman–Crippen MR) is 362 cm³/mol. The maximum atomic E-state index is 12.8. The third-order valence-corrected chi connectivity index (χ3v) is 16.5. The number of ether oxygens (including phenoxy) is 3. The summed E-state index contributed by atoms with van der Waals surface area (Å²) in [5.41, 5.74) is 0. The zero-order valence-corrected chi connectivity index (χ0v) is 57.6. The molecule has 16 nitrogen and oxygen atoms in total. The topological polar surface area (TPSA) is 231 Å². The molecule has 0 aliphatic heterocycles. The first-order valence-electron chi connectivity index (χ1n) is 34.9. The first-order chi connectivity index (χ1) is 43.2. The number of hydrogen-bond donors (Lipinski definition) is 4. The van der Waals surface area contributed by atoms with E-state index in [2.05, 4.69) is 106 Å². The van der Waals surface area contributed by atoms with Gasteiger partial charge in [-0.1, -0.05) is 266 Å². The lowest BCUT2D eigenvalue weighted by atomic mass is 10.0. The number of hydrogen-bond acceptors (Lipinski definition) is 14. The van der Waals surface area contributed by atoms with Gasteiger partial charge in [-0.05, 0) is 89.9 Å². The van der Waals surface area contributed by atoms with Gasteiger partial charge in [0.2, 0.25) is 0 Å². The van der Waals surface area contributed by atoms with Crippen LogP contribution in [0.2, 0.25) is 0 Å². The lowest BCUT2D eigenvalue weighted by Gasteiger charge is -2.21. The van der Waals surface area contributed by atoms with E-state index < -0.39 is 91.5 Å². The number of carbonyl (C=O) groups is 3. The van der Waals surface area contributed by atoms with E-state index in [4.69, 9.17) is 32.3 Å². The summed E-state index contributed by atoms with van der Waals surface area (Å²) >= 11 is 0. The quantitative estimate of drug-likeness (QED) is 0.0146. The van der Waals surface area contributed by atoms with E-state index in [1.54, 1.807) is 0 Å². The van der Waals surface area contributed by atoms with Gasteiger partial charge in [0.15, 0.2) is 6.10 Å². The molecule has 0 radical (unpaired) electrons. The van der Waals surface area contributed by atoms with Gasteiger partial charge in [0.05, 0.1) is 26.4 Å². The van der Waals surface area contributed by atoms with Crippen molar-refractivity contribution in [2.24, 2.45) is 0 Å². The Morgan fingerprint density at radius 2 is 0.618 bits per heavy atom. The van der Waals surface area contributed by atoms with Crippen LogP contribution in [-0.2, 0) is 55.8 Å². The molecule has 0 aromatic carbocycles. The minimum atomic E-state index is -4.92. The second-order valence-corrected chi connectivity index (χ2v) is 26.2. The van der Waals surface area contributed by atoms with Gasteiger partial charge in [-0.25, -0.2) is 9.13 Å². The number of esters is 3. The molecule has 0 aromatic heterocycles. The minimum Gasteiger partial charge on any atom is -0.463 e. The van der Waals surface area contributed by atoms with Gasteiger partial charge in [0.25, 0.3) is 0 Å². The molecule has 0 aliphatic carbocycles. The van der Waals surface area contributed by atoms with Gasteiger partial charge in [0.1, 0.15) is 25.4 Å². The fraction of sp³-hybridized carbons (Fsp3) is 0.761. The molecule has 89 heavy (non-hydrogen) atoms. The molecule has 0 aromatic rings. The summed E-state index contributed by atoms with van der Waals surface area (Å²) in [6.07, 6.45) is 69.5. The molecular formula is C71H126O16P2. The fourth-order valence-corrected chi connectivity index (χ4v) is 10.9. The molecule has 5 atom stereocenters. The van der Waals surface area contributed by atoms with Gasteiger partial charge in [-0.2, -0.15) is 0 Å². The second kappa shape index (κ2) is 64.8. The summed E-state index contributed by atoms with van der Waals surface area (Å²) in [6.45, 7) is 2.47. The third kappa shape index (κ3) is 66.0. The van der Waals surface area contributed by atoms with Crippen molar-refractivity contribution in [3.63, 3.8) is 0 Å². The highest BCUT2D eigenvalue weighted by atomic mass is 31.2. The number of phosphoric ester groups is 2. The van der Waals surface area contributed by atoms with Crippen molar-refractivity contribution in [3.05, 3.63) is 85.1 Å². The first kappa shape index (κ1) is 85.7. The zero-order valence-electron chi connectivity index (χ0n) is 55.8. The summed E-state index contributed by atoms with van der Waals surface area (Å²) in [5, 5.41) is 20.5. The molecule has 0 bridgehead atoms. The Labute approximate surface area is 540 Å². The van der Waals surface area contributed by atoms with Crippen molar-refractivity contribution in [2.75, 3.05) is 39.6 Å². The molecule has 0 saturated heterocycles. The largest absolute Gasteiger partial charge is 0.472 e. The molecule has 0 spiro atoms. The normalized spacial score (nSPS) is 14.7. The van der Waals surface area contributed by atoms with Crippen molar-refractivity contribution in [1.29, 1.82) is 0 Å². The molecule has 4 N–H and O–H groups in total. The summed E-state index contributed by atoms with van der Waals surface area (Å²) in [7, 11) is -9.76. The number of phosphoric acid groups is 2. The molecule has 18 heteroatoms. The van der Waals surface area contributed by atoms with Crippen molar-refractivity contribution < 1.29 is 75.8 Å². The lowest BCUT2D eigenvalue weighted by Crippen LogP contribution is -2.30. The number of carbonyl (C=O) groups excluding carboxylic acids is 3. The maximum absolute atomic E-state index is 12.8. The molecular weight excluding hydrogens is 1170 g/mol. The van der Waals surface area contributed by atoms with Crippen LogP contribution in [0, 0.1) is 0 Å². The highest BCUT2D eigenvalue weighted by Crippen LogP contribution is 2.45. The molecule has 516 valence electrons. The average molecular weight is 1300 g/mol. The minimum absolute atomic E-state index is 0.106. The summed E-state index contributed by atoms with van der Waals surface area (Å²) in [4.78, 5) is 58.2. The van der Waals surface area contributed by atoms with E-state index in [1.165, 1.54) is 96.3 Å². The predicted octanol–water partition coefficient (Wildman–Crippen LogP) is 19.3. The van der Waals surface area contributed by atoms with Crippen LogP contribution in [0.5, 0.6) is 0 Å². The monoisotopic (exact) mass is 1300 g/mol. The van der Waals surface area contributed by atoms with Crippen LogP contribution in [0.3, 0.4) is 0 Å². The van der Waals surface area contributed by atoms with Crippen LogP contribution >= 0.6 is 15.6 Å². The molecule has 5 unspecified atom stereocenters. The van der Waals surface area contributed by atoms with Crippen LogP contribution < -0.4 is 0 Å². The average Bonchev–Trinajstić information content (AvgIpc) is 3.73. The van der Waals surface area contributed by atoms with Gasteiger partial charge in [-0.3, -0.25) is 32.5 Å². The number of aliphatic hydroxyl groups excluding tert-OH is 2. The van der Waals surface area contributed by atoms with Crippen molar-refractivity contribution in [2.45, 2.75) is 309 Å². The molecule has 0 fully saturated rings. The van der Waals surface area contributed by atoms with Crippen LogP contribution in [-0.4, -0.2) is 95.9 Å². The number of unbranched alkanes of at least 4 members (excludes halogenated alkanes) is 29. The SMILES string of the molecule is CC/C=C\C/C=C\C/C=C\C/C=C\C/C=C\CCCCCCCCCCCCCCCC(=O)OCC(O)COP(=O)(O)OCC(O)COP(=O)(O)OCC(COC(=O)CCCCCCC/C=C\C/C=C\CCC)OC(=O)CCCCCCCCCCCCC. The Hall–Kier alpha value is -3.27. The Morgan fingerprint density at radius 1 is 0.326 bits per heavy atom. The number of allylic oxidation sites excluding steroid dienone is 14. The maximum Gasteiger partial charge on any atom is 0.472 e. The van der Waals surface area contributed by atoms with Gasteiger partial charge in [-0.15, -0.1) is 0 Å². The zero-order chi connectivity index (χ0) is 65.3. The van der Waals surface area contributed by atoms with Crippen molar-refractivity contribution >= 4 is 33.6 Å². The Balaban J connectivity index is 4.38. The first-order valence-corrected chi connectivity index (χ1v) is 37.9. The third-order valence-electron chi connectivity index (χ3n) is 14.6. The molecule has 0 rings (SSSR count). The Bertz CT molecular complexity index is 1970.